The highest BCUT2D eigenvalue weighted by Crippen LogP contribution is 2.09. The minimum atomic E-state index is -0.578. The van der Waals surface area contributed by atoms with Crippen LogP contribution in [0.25, 0.3) is 0 Å². The highest BCUT2D eigenvalue weighted by atomic mass is 79.9. The van der Waals surface area contributed by atoms with Crippen molar-refractivity contribution >= 4 is 27.9 Å². The Labute approximate surface area is 97.8 Å². The van der Waals surface area contributed by atoms with Crippen LogP contribution in [0.3, 0.4) is 0 Å². The number of carbonyl (C=O) groups is 2. The summed E-state index contributed by atoms with van der Waals surface area (Å²) in [6.45, 7) is 6.91. The van der Waals surface area contributed by atoms with E-state index in [1.165, 1.54) is 0 Å². The molecule has 0 aromatic carbocycles. The molecule has 5 heteroatoms. The van der Waals surface area contributed by atoms with E-state index in [1.807, 2.05) is 0 Å². The Hall–Kier alpha value is -0.840. The first-order valence-corrected chi connectivity index (χ1v) is 5.41. The molecule has 0 aromatic rings. The molecule has 0 fully saturated rings. The van der Waals surface area contributed by atoms with Crippen LogP contribution in [0.4, 0.5) is 0 Å². The molecule has 4 nitrogen and oxygen atoms in total. The topological polar surface area (TPSA) is 52.6 Å². The molecular weight excluding hydrogens is 264 g/mol. The molecular formula is C10H15BrO4. The Morgan fingerprint density at radius 1 is 1.07 bits per heavy atom. The third-order valence-electron chi connectivity index (χ3n) is 1.13. The average molecular weight is 279 g/mol. The molecule has 0 aliphatic heterocycles. The van der Waals surface area contributed by atoms with Crippen LogP contribution in [-0.2, 0) is 19.1 Å². The molecule has 0 saturated heterocycles. The minimum absolute atomic E-state index is 0.0573. The molecule has 0 radical (unpaired) electrons. The lowest BCUT2D eigenvalue weighted by atomic mass is 10.4. The van der Waals surface area contributed by atoms with Gasteiger partial charge in [-0.1, -0.05) is 0 Å². The predicted molar refractivity (Wildman–Crippen MR) is 59.5 cm³/mol. The van der Waals surface area contributed by atoms with E-state index in [9.17, 15) is 9.59 Å². The smallest absolute Gasteiger partial charge is 0.345 e. The molecule has 0 heterocycles. The van der Waals surface area contributed by atoms with Gasteiger partial charge in [0.05, 0.1) is 12.2 Å². The molecule has 0 unspecified atom stereocenters. The summed E-state index contributed by atoms with van der Waals surface area (Å²) in [6.07, 6.45) is 0.625. The summed E-state index contributed by atoms with van der Waals surface area (Å²) >= 11 is 2.95. The minimum Gasteiger partial charge on any atom is -0.460 e. The van der Waals surface area contributed by atoms with Crippen molar-refractivity contribution in [2.75, 3.05) is 0 Å². The molecule has 0 aromatic heterocycles. The zero-order valence-corrected chi connectivity index (χ0v) is 10.8. The SMILES string of the molecule is CC(C)OC(=O)/C=C(/Br)C(=O)OC(C)C. The number of esters is 2. The lowest BCUT2D eigenvalue weighted by molar-refractivity contribution is -0.144. The molecule has 0 rings (SSSR count). The number of hydrogen-bond acceptors (Lipinski definition) is 4. The first-order valence-electron chi connectivity index (χ1n) is 4.61. The van der Waals surface area contributed by atoms with Gasteiger partial charge in [-0.05, 0) is 43.6 Å². The Balaban J connectivity index is 4.29. The first kappa shape index (κ1) is 14.2. The Morgan fingerprint density at radius 3 is 1.93 bits per heavy atom. The second-order valence-corrected chi connectivity index (χ2v) is 4.29. The third-order valence-corrected chi connectivity index (χ3v) is 1.69. The summed E-state index contributed by atoms with van der Waals surface area (Å²) in [4.78, 5) is 22.3. The maximum Gasteiger partial charge on any atom is 0.345 e. The molecule has 15 heavy (non-hydrogen) atoms. The monoisotopic (exact) mass is 278 g/mol. The summed E-state index contributed by atoms with van der Waals surface area (Å²) in [5.41, 5.74) is 0. The average Bonchev–Trinajstić information content (AvgIpc) is 2.00. The van der Waals surface area contributed by atoms with E-state index in [2.05, 4.69) is 15.9 Å². The molecule has 0 aliphatic carbocycles. The maximum atomic E-state index is 11.2. The van der Waals surface area contributed by atoms with Crippen molar-refractivity contribution in [3.8, 4) is 0 Å². The second kappa shape index (κ2) is 6.61. The Kier molecular flexibility index (Phi) is 6.24. The Bertz CT molecular complexity index is 269. The zero-order valence-electron chi connectivity index (χ0n) is 9.24. The van der Waals surface area contributed by atoms with E-state index < -0.39 is 11.9 Å². The van der Waals surface area contributed by atoms with E-state index in [0.717, 1.165) is 6.08 Å². The molecule has 0 saturated carbocycles. The fourth-order valence-electron chi connectivity index (χ4n) is 0.699. The molecule has 0 spiro atoms. The van der Waals surface area contributed by atoms with Crippen LogP contribution >= 0.6 is 15.9 Å². The van der Waals surface area contributed by atoms with Crippen molar-refractivity contribution in [1.29, 1.82) is 0 Å². The standard InChI is InChI=1S/C10H15BrO4/c1-6(2)14-9(12)5-8(11)10(13)15-7(3)4/h5-7H,1-4H3/b8-5+. The predicted octanol–water partition coefficient (Wildman–Crippen LogP) is 2.17. The van der Waals surface area contributed by atoms with Gasteiger partial charge < -0.3 is 9.47 Å². The number of ether oxygens (including phenoxy) is 2. The number of hydrogen-bond donors (Lipinski definition) is 0. The van der Waals surface area contributed by atoms with Gasteiger partial charge in [0, 0.05) is 6.08 Å². The van der Waals surface area contributed by atoms with Gasteiger partial charge in [-0.2, -0.15) is 0 Å². The number of halogens is 1. The van der Waals surface area contributed by atoms with Crippen LogP contribution in [0.15, 0.2) is 10.6 Å². The maximum absolute atomic E-state index is 11.2. The zero-order chi connectivity index (χ0) is 12.0. The number of rotatable bonds is 4. The van der Waals surface area contributed by atoms with Crippen LogP contribution in [0, 0.1) is 0 Å². The van der Waals surface area contributed by atoms with Crippen molar-refractivity contribution in [3.63, 3.8) is 0 Å². The van der Waals surface area contributed by atoms with Crippen molar-refractivity contribution in [1.82, 2.24) is 0 Å². The van der Waals surface area contributed by atoms with Crippen molar-refractivity contribution in [2.24, 2.45) is 0 Å². The normalized spacial score (nSPS) is 11.8. The van der Waals surface area contributed by atoms with Gasteiger partial charge in [-0.15, -0.1) is 0 Å². The molecule has 86 valence electrons. The molecule has 0 N–H and O–H groups in total. The van der Waals surface area contributed by atoms with Gasteiger partial charge >= 0.3 is 11.9 Å². The summed E-state index contributed by atoms with van der Waals surface area (Å²) in [6, 6.07) is 0. The van der Waals surface area contributed by atoms with Crippen LogP contribution in [-0.4, -0.2) is 24.1 Å². The lowest BCUT2D eigenvalue weighted by Crippen LogP contribution is -2.14. The molecule has 0 amide bonds. The van der Waals surface area contributed by atoms with Crippen LogP contribution in [0.2, 0.25) is 0 Å². The fourth-order valence-corrected chi connectivity index (χ4v) is 0.979. The summed E-state index contributed by atoms with van der Waals surface area (Å²) in [5, 5.41) is 0. The quantitative estimate of drug-likeness (QED) is 0.584. The van der Waals surface area contributed by atoms with E-state index in [0.29, 0.717) is 0 Å². The number of carbonyl (C=O) groups excluding carboxylic acids is 2. The second-order valence-electron chi connectivity index (χ2n) is 3.43. The molecule has 0 aliphatic rings. The largest absolute Gasteiger partial charge is 0.460 e. The highest BCUT2D eigenvalue weighted by Gasteiger charge is 2.12. The van der Waals surface area contributed by atoms with Gasteiger partial charge in [0.25, 0.3) is 0 Å². The van der Waals surface area contributed by atoms with Gasteiger partial charge in [0.15, 0.2) is 0 Å². The molecule has 0 bridgehead atoms. The van der Waals surface area contributed by atoms with Crippen molar-refractivity contribution < 1.29 is 19.1 Å². The van der Waals surface area contributed by atoms with Crippen molar-refractivity contribution in [3.05, 3.63) is 10.6 Å². The van der Waals surface area contributed by atoms with E-state index >= 15 is 0 Å². The first-order chi connectivity index (χ1) is 6.82. The lowest BCUT2D eigenvalue weighted by Gasteiger charge is -2.07. The van der Waals surface area contributed by atoms with Gasteiger partial charge in [0.2, 0.25) is 0 Å². The van der Waals surface area contributed by atoms with Crippen molar-refractivity contribution in [2.45, 2.75) is 39.9 Å². The van der Waals surface area contributed by atoms with Crippen LogP contribution in [0.5, 0.6) is 0 Å². The van der Waals surface area contributed by atoms with E-state index in [4.69, 9.17) is 9.47 Å². The highest BCUT2D eigenvalue weighted by molar-refractivity contribution is 9.12. The summed E-state index contributed by atoms with van der Waals surface area (Å²) < 4.78 is 9.74. The van der Waals surface area contributed by atoms with Crippen LogP contribution < -0.4 is 0 Å². The molecule has 0 atom stereocenters. The van der Waals surface area contributed by atoms with Crippen LogP contribution in [0.1, 0.15) is 27.7 Å². The fraction of sp³-hybridized carbons (Fsp3) is 0.600. The third kappa shape index (κ3) is 7.13. The summed E-state index contributed by atoms with van der Waals surface area (Å²) in [7, 11) is 0. The summed E-state index contributed by atoms with van der Waals surface area (Å²) in [5.74, 6) is -1.15. The van der Waals surface area contributed by atoms with Gasteiger partial charge in [0.1, 0.15) is 4.48 Å². The van der Waals surface area contributed by atoms with E-state index in [-0.39, 0.29) is 16.7 Å². The Morgan fingerprint density at radius 2 is 1.53 bits per heavy atom. The van der Waals surface area contributed by atoms with Gasteiger partial charge in [-0.3, -0.25) is 0 Å². The van der Waals surface area contributed by atoms with Gasteiger partial charge in [-0.25, -0.2) is 9.59 Å². The van der Waals surface area contributed by atoms with E-state index in [1.54, 1.807) is 27.7 Å².